The van der Waals surface area contributed by atoms with Crippen LogP contribution in [0.4, 0.5) is 11.8 Å². The number of nitrogens with zero attached hydrogens (tertiary/aromatic N) is 2. The Hall–Kier alpha value is -3.11. The second kappa shape index (κ2) is 10.6. The molecule has 1 amide bonds. The number of hydrogen-bond acceptors (Lipinski definition) is 8. The lowest BCUT2D eigenvalue weighted by molar-refractivity contribution is -0.143. The summed E-state index contributed by atoms with van der Waals surface area (Å²) >= 11 is 0. The number of aromatic hydroxyl groups is 1. The summed E-state index contributed by atoms with van der Waals surface area (Å²) in [5, 5.41) is 33.3. The molecule has 1 aliphatic heterocycles. The number of nitrogen functional groups attached to an aromatic ring is 1. The fraction of sp³-hybridized carbons (Fsp3) is 0.632. The summed E-state index contributed by atoms with van der Waals surface area (Å²) in [5.41, 5.74) is 6.21. The third kappa shape index (κ3) is 6.75. The molecule has 0 fully saturated rings. The fourth-order valence-electron chi connectivity index (χ4n) is 3.57. The summed E-state index contributed by atoms with van der Waals surface area (Å²) in [7, 11) is 0. The Morgan fingerprint density at radius 2 is 1.93 bits per heavy atom. The number of carboxylic acids is 2. The smallest absolute Gasteiger partial charge is 0.326 e. The summed E-state index contributed by atoms with van der Waals surface area (Å²) in [6.07, 6.45) is 2.61. The molecule has 2 unspecified atom stereocenters. The van der Waals surface area contributed by atoms with Gasteiger partial charge in [-0.1, -0.05) is 19.8 Å². The molecule has 0 spiro atoms. The lowest BCUT2D eigenvalue weighted by Crippen LogP contribution is -2.41. The van der Waals surface area contributed by atoms with Crippen molar-refractivity contribution in [3.8, 4) is 5.88 Å². The van der Waals surface area contributed by atoms with Crippen LogP contribution in [0.2, 0.25) is 0 Å². The molecule has 11 heteroatoms. The Balaban J connectivity index is 1.73. The van der Waals surface area contributed by atoms with Crippen molar-refractivity contribution in [2.24, 2.45) is 11.8 Å². The first kappa shape index (κ1) is 23.2. The van der Waals surface area contributed by atoms with Gasteiger partial charge in [-0.3, -0.25) is 9.59 Å². The molecular formula is C19H29N5O6. The molecule has 2 rings (SSSR count). The zero-order chi connectivity index (χ0) is 22.3. The average molecular weight is 423 g/mol. The van der Waals surface area contributed by atoms with Gasteiger partial charge in [0.05, 0.1) is 5.56 Å². The molecule has 7 N–H and O–H groups in total. The van der Waals surface area contributed by atoms with Crippen LogP contribution in [0.1, 0.15) is 51.0 Å². The molecule has 1 aliphatic rings. The highest BCUT2D eigenvalue weighted by Gasteiger charge is 2.27. The third-order valence-corrected chi connectivity index (χ3v) is 5.40. The van der Waals surface area contributed by atoms with Crippen molar-refractivity contribution in [1.29, 1.82) is 0 Å². The van der Waals surface area contributed by atoms with Crippen LogP contribution < -0.4 is 16.4 Å². The second-order valence-electron chi connectivity index (χ2n) is 7.69. The van der Waals surface area contributed by atoms with Crippen LogP contribution in [0, 0.1) is 11.8 Å². The summed E-state index contributed by atoms with van der Waals surface area (Å²) in [6.45, 7) is 2.81. The van der Waals surface area contributed by atoms with Crippen LogP contribution >= 0.6 is 0 Å². The van der Waals surface area contributed by atoms with Crippen molar-refractivity contribution >= 4 is 29.6 Å². The monoisotopic (exact) mass is 423 g/mol. The fourth-order valence-corrected chi connectivity index (χ4v) is 3.57. The summed E-state index contributed by atoms with van der Waals surface area (Å²) in [4.78, 5) is 41.6. The quantitative estimate of drug-likeness (QED) is 0.280. The minimum absolute atomic E-state index is 0.0247. The Bertz CT molecular complexity index is 787. The van der Waals surface area contributed by atoms with Gasteiger partial charge in [0, 0.05) is 19.4 Å². The molecule has 0 radical (unpaired) electrons. The number of hydrogen-bond donors (Lipinski definition) is 6. The van der Waals surface area contributed by atoms with Crippen molar-refractivity contribution in [2.45, 2.75) is 57.9 Å². The van der Waals surface area contributed by atoms with Gasteiger partial charge in [-0.25, -0.2) is 4.79 Å². The number of rotatable bonds is 11. The average Bonchev–Trinajstić information content (AvgIpc) is 2.67. The van der Waals surface area contributed by atoms with Crippen LogP contribution in [-0.4, -0.2) is 55.7 Å². The third-order valence-electron chi connectivity index (χ3n) is 5.40. The van der Waals surface area contributed by atoms with Gasteiger partial charge in [0.2, 0.25) is 17.7 Å². The number of fused-ring (bicyclic) bond motifs is 1. The number of nitrogens with one attached hydrogen (secondary N) is 2. The first-order chi connectivity index (χ1) is 14.2. The molecule has 0 aromatic carbocycles. The van der Waals surface area contributed by atoms with E-state index in [2.05, 4.69) is 27.5 Å². The van der Waals surface area contributed by atoms with Crippen LogP contribution in [0.25, 0.3) is 0 Å². The highest BCUT2D eigenvalue weighted by Crippen LogP contribution is 2.33. The normalized spacial score (nSPS) is 17.3. The van der Waals surface area contributed by atoms with Crippen molar-refractivity contribution in [2.75, 3.05) is 17.6 Å². The molecule has 0 saturated heterocycles. The number of carboxylic acid groups (broad SMARTS) is 2. The van der Waals surface area contributed by atoms with Crippen molar-refractivity contribution in [3.63, 3.8) is 0 Å². The molecule has 2 heterocycles. The van der Waals surface area contributed by atoms with E-state index < -0.39 is 23.9 Å². The van der Waals surface area contributed by atoms with E-state index in [0.717, 1.165) is 12.8 Å². The predicted molar refractivity (Wildman–Crippen MR) is 108 cm³/mol. The van der Waals surface area contributed by atoms with E-state index in [1.165, 1.54) is 0 Å². The van der Waals surface area contributed by atoms with Gasteiger partial charge in [0.25, 0.3) is 0 Å². The standard InChI is InChI=1S/C19H29N5O6/c1-10(11-8-12-16(21-9-11)23-19(20)24-17(12)28)4-2-3-5-14(25)22-13(18(29)30)6-7-15(26)27/h10-11,13H,2-9H2,1H3,(H,22,25)(H,26,27)(H,29,30)(H4,20,21,23,24,28)/t10?,11?,13-/m0/s1. The maximum atomic E-state index is 12.0. The predicted octanol–water partition coefficient (Wildman–Crippen LogP) is 0.979. The molecule has 166 valence electrons. The maximum Gasteiger partial charge on any atom is 0.326 e. The van der Waals surface area contributed by atoms with Crippen molar-refractivity contribution in [3.05, 3.63) is 5.56 Å². The van der Waals surface area contributed by atoms with Crippen LogP contribution in [0.3, 0.4) is 0 Å². The van der Waals surface area contributed by atoms with E-state index >= 15 is 0 Å². The van der Waals surface area contributed by atoms with Gasteiger partial charge in [0.15, 0.2) is 0 Å². The Morgan fingerprint density at radius 3 is 2.60 bits per heavy atom. The summed E-state index contributed by atoms with van der Waals surface area (Å²) in [6, 6.07) is -1.19. The van der Waals surface area contributed by atoms with Gasteiger partial charge in [-0.05, 0) is 31.1 Å². The van der Waals surface area contributed by atoms with Gasteiger partial charge >= 0.3 is 11.9 Å². The first-order valence-electron chi connectivity index (χ1n) is 10.0. The molecule has 1 aromatic rings. The Morgan fingerprint density at radius 1 is 1.20 bits per heavy atom. The molecule has 11 nitrogen and oxygen atoms in total. The number of aromatic nitrogens is 2. The van der Waals surface area contributed by atoms with Gasteiger partial charge in [-0.2, -0.15) is 9.97 Å². The highest BCUT2D eigenvalue weighted by molar-refractivity contribution is 5.83. The number of amides is 1. The second-order valence-corrected chi connectivity index (χ2v) is 7.69. The number of carbonyl (C=O) groups is 3. The van der Waals surface area contributed by atoms with Gasteiger partial charge in [0.1, 0.15) is 11.9 Å². The van der Waals surface area contributed by atoms with E-state index in [1.54, 1.807) is 0 Å². The molecule has 0 aliphatic carbocycles. The summed E-state index contributed by atoms with van der Waals surface area (Å²) in [5.74, 6) is -1.65. The number of unbranched alkanes of at least 4 members (excludes halogenated alkanes) is 1. The maximum absolute atomic E-state index is 12.0. The Labute approximate surface area is 174 Å². The lowest BCUT2D eigenvalue weighted by Gasteiger charge is -2.30. The molecule has 0 bridgehead atoms. The van der Waals surface area contributed by atoms with E-state index in [9.17, 15) is 19.5 Å². The van der Waals surface area contributed by atoms with Gasteiger partial charge in [-0.15, -0.1) is 0 Å². The number of aliphatic carboxylic acids is 2. The van der Waals surface area contributed by atoms with Crippen molar-refractivity contribution < 1.29 is 29.7 Å². The largest absolute Gasteiger partial charge is 0.493 e. The SMILES string of the molecule is CC(CCCCC(=O)N[C@@H](CCC(=O)O)C(=O)O)C1CNc2nc(N)nc(O)c2C1. The first-order valence-corrected chi connectivity index (χ1v) is 10.0. The summed E-state index contributed by atoms with van der Waals surface area (Å²) < 4.78 is 0. The number of anilines is 2. The zero-order valence-corrected chi connectivity index (χ0v) is 16.9. The van der Waals surface area contributed by atoms with Crippen LogP contribution in [0.15, 0.2) is 0 Å². The minimum atomic E-state index is -1.24. The van der Waals surface area contributed by atoms with Crippen LogP contribution in [-0.2, 0) is 20.8 Å². The Kier molecular flexibility index (Phi) is 8.19. The minimum Gasteiger partial charge on any atom is -0.493 e. The zero-order valence-electron chi connectivity index (χ0n) is 16.9. The van der Waals surface area contributed by atoms with Crippen LogP contribution in [0.5, 0.6) is 5.88 Å². The van der Waals surface area contributed by atoms with E-state index in [0.29, 0.717) is 36.7 Å². The molecule has 3 atom stereocenters. The lowest BCUT2D eigenvalue weighted by atomic mass is 9.83. The molecule has 0 saturated carbocycles. The van der Waals surface area contributed by atoms with Crippen molar-refractivity contribution in [1.82, 2.24) is 15.3 Å². The number of carbonyl (C=O) groups excluding carboxylic acids is 1. The molecular weight excluding hydrogens is 394 g/mol. The van der Waals surface area contributed by atoms with E-state index in [-0.39, 0.29) is 37.0 Å². The highest BCUT2D eigenvalue weighted by atomic mass is 16.4. The molecule has 1 aromatic heterocycles. The van der Waals surface area contributed by atoms with Gasteiger partial charge < -0.3 is 31.7 Å². The number of nitrogens with two attached hydrogens (primary N) is 1. The molecule has 30 heavy (non-hydrogen) atoms. The topological polar surface area (TPSA) is 188 Å². The van der Waals surface area contributed by atoms with E-state index in [4.69, 9.17) is 15.9 Å². The van der Waals surface area contributed by atoms with E-state index in [1.807, 2.05) is 0 Å².